The number of piperidine rings is 1. The third-order valence-corrected chi connectivity index (χ3v) is 6.60. The normalized spacial score (nSPS) is 20.7. The summed E-state index contributed by atoms with van der Waals surface area (Å²) < 4.78 is 27.9. The minimum atomic E-state index is -1.25. The number of pyridine rings is 1. The van der Waals surface area contributed by atoms with Crippen LogP contribution < -0.4 is 10.3 Å². The molecular weight excluding hydrogens is 375 g/mol. The van der Waals surface area contributed by atoms with Crippen molar-refractivity contribution in [3.05, 3.63) is 33.7 Å². The summed E-state index contributed by atoms with van der Waals surface area (Å²) in [5, 5.41) is 10.0. The number of aromatic nitrogens is 1. The maximum absolute atomic E-state index is 14.9. The van der Waals surface area contributed by atoms with E-state index >= 15 is 0 Å². The van der Waals surface area contributed by atoms with Crippen LogP contribution in [-0.2, 0) is 15.4 Å². The maximum Gasteiger partial charge on any atom is 0.342 e. The molecule has 27 heavy (non-hydrogen) atoms. The zero-order valence-corrected chi connectivity index (χ0v) is 15.2. The number of ether oxygens (including phenoxy) is 2. The maximum atomic E-state index is 14.9. The largest absolute Gasteiger partial charge is 0.477 e. The third-order valence-electron chi connectivity index (χ3n) is 5.51. The second-order valence-corrected chi connectivity index (χ2v) is 7.86. The van der Waals surface area contributed by atoms with E-state index in [0.717, 1.165) is 0 Å². The lowest BCUT2D eigenvalue weighted by molar-refractivity contribution is -0.169. The average Bonchev–Trinajstić information content (AvgIpc) is 3.06. The highest BCUT2D eigenvalue weighted by atomic mass is 32.2. The van der Waals surface area contributed by atoms with Crippen molar-refractivity contribution in [2.45, 2.75) is 29.5 Å². The summed E-state index contributed by atoms with van der Waals surface area (Å²) in [6, 6.07) is 2.83. The first-order valence-corrected chi connectivity index (χ1v) is 9.77. The zero-order chi connectivity index (χ0) is 18.8. The summed E-state index contributed by atoms with van der Waals surface area (Å²) >= 11 is 1.29. The minimum absolute atomic E-state index is 0.235. The highest BCUT2D eigenvalue weighted by molar-refractivity contribution is 7.99. The van der Waals surface area contributed by atoms with Gasteiger partial charge < -0.3 is 24.0 Å². The van der Waals surface area contributed by atoms with Crippen molar-refractivity contribution in [3.8, 4) is 0 Å². The standard InChI is InChI=1S/C18H17FN2O5S/c19-11-8-12-10(15(22)14(17(23)24)16-21(12)9-27-16)7-13(11)20-3-1-18(2-4-20)25-5-6-26-18/h7-8H,1-6,9H2,(H,23,24). The molecule has 0 amide bonds. The van der Waals surface area contributed by atoms with Crippen LogP contribution in [0.1, 0.15) is 23.2 Å². The van der Waals surface area contributed by atoms with Crippen LogP contribution in [0, 0.1) is 5.82 Å². The molecule has 5 rings (SSSR count). The molecule has 1 spiro atoms. The van der Waals surface area contributed by atoms with Crippen LogP contribution in [0.4, 0.5) is 10.1 Å². The second-order valence-electron chi connectivity index (χ2n) is 6.93. The number of rotatable bonds is 2. The topological polar surface area (TPSA) is 81.0 Å². The molecule has 0 atom stereocenters. The highest BCUT2D eigenvalue weighted by Crippen LogP contribution is 2.39. The number of hydrogen-bond donors (Lipinski definition) is 1. The molecule has 9 heteroatoms. The fourth-order valence-electron chi connectivity index (χ4n) is 4.07. The first-order chi connectivity index (χ1) is 13.0. The number of benzene rings is 1. The van der Waals surface area contributed by atoms with Crippen LogP contribution >= 0.6 is 11.8 Å². The molecule has 1 aromatic carbocycles. The molecule has 3 aliphatic heterocycles. The first kappa shape index (κ1) is 17.0. The predicted molar refractivity (Wildman–Crippen MR) is 97.1 cm³/mol. The second kappa shape index (κ2) is 5.95. The number of fused-ring (bicyclic) bond motifs is 3. The van der Waals surface area contributed by atoms with Crippen LogP contribution in [0.5, 0.6) is 0 Å². The van der Waals surface area contributed by atoms with E-state index in [4.69, 9.17) is 9.47 Å². The average molecular weight is 392 g/mol. The van der Waals surface area contributed by atoms with Gasteiger partial charge in [0.05, 0.1) is 35.3 Å². The number of anilines is 1. The van der Waals surface area contributed by atoms with Gasteiger partial charge in [0.15, 0.2) is 5.79 Å². The molecule has 7 nitrogen and oxygen atoms in total. The molecule has 142 valence electrons. The number of nitrogens with zero attached hydrogens (tertiary/aromatic N) is 2. The summed E-state index contributed by atoms with van der Waals surface area (Å²) in [6.07, 6.45) is 1.23. The molecule has 2 saturated heterocycles. The SMILES string of the molecule is O=C(O)c1c2n(c3cc(F)c(N4CCC5(CC4)OCCO5)cc3c1=O)CS2. The van der Waals surface area contributed by atoms with Gasteiger partial charge in [-0.2, -0.15) is 0 Å². The van der Waals surface area contributed by atoms with Crippen LogP contribution in [0.2, 0.25) is 0 Å². The van der Waals surface area contributed by atoms with E-state index in [1.165, 1.54) is 23.9 Å². The molecule has 3 aliphatic rings. The molecule has 2 aromatic rings. The summed E-state index contributed by atoms with van der Waals surface area (Å²) in [4.78, 5) is 26.1. The van der Waals surface area contributed by atoms with E-state index < -0.39 is 23.0 Å². The van der Waals surface area contributed by atoms with Gasteiger partial charge >= 0.3 is 5.97 Å². The Balaban J connectivity index is 1.57. The van der Waals surface area contributed by atoms with Gasteiger partial charge in [-0.1, -0.05) is 11.8 Å². The number of carboxylic acid groups (broad SMARTS) is 1. The molecule has 0 radical (unpaired) electrons. The highest BCUT2D eigenvalue weighted by Gasteiger charge is 2.40. The van der Waals surface area contributed by atoms with Gasteiger partial charge in [-0.3, -0.25) is 4.79 Å². The van der Waals surface area contributed by atoms with E-state index in [0.29, 0.717) is 61.3 Å². The van der Waals surface area contributed by atoms with Gasteiger partial charge in [0.25, 0.3) is 0 Å². The van der Waals surface area contributed by atoms with Gasteiger partial charge in [0.2, 0.25) is 5.43 Å². The Labute approximate surface area is 157 Å². The lowest BCUT2D eigenvalue weighted by atomic mass is 10.0. The lowest BCUT2D eigenvalue weighted by Crippen LogP contribution is -2.45. The molecular formula is C18H17FN2O5S. The Kier molecular flexibility index (Phi) is 3.75. The van der Waals surface area contributed by atoms with Crippen molar-refractivity contribution in [2.24, 2.45) is 0 Å². The number of carbonyl (C=O) groups is 1. The fourth-order valence-corrected chi connectivity index (χ4v) is 5.02. The molecule has 0 aliphatic carbocycles. The Morgan fingerprint density at radius 1 is 1.22 bits per heavy atom. The van der Waals surface area contributed by atoms with Crippen molar-refractivity contribution < 1.29 is 23.8 Å². The molecule has 2 fully saturated rings. The van der Waals surface area contributed by atoms with E-state index in [1.807, 2.05) is 4.90 Å². The molecule has 4 heterocycles. The summed E-state index contributed by atoms with van der Waals surface area (Å²) in [5.41, 5.74) is -0.0398. The van der Waals surface area contributed by atoms with Crippen molar-refractivity contribution >= 4 is 34.3 Å². The van der Waals surface area contributed by atoms with E-state index in [1.54, 1.807) is 4.57 Å². The van der Waals surface area contributed by atoms with Crippen LogP contribution in [-0.4, -0.2) is 47.7 Å². The smallest absolute Gasteiger partial charge is 0.342 e. The minimum Gasteiger partial charge on any atom is -0.477 e. The predicted octanol–water partition coefficient (Wildman–Crippen LogP) is 2.25. The Hall–Kier alpha value is -2.10. The van der Waals surface area contributed by atoms with E-state index in [9.17, 15) is 19.1 Å². The van der Waals surface area contributed by atoms with Gasteiger partial charge in [-0.15, -0.1) is 0 Å². The van der Waals surface area contributed by atoms with Gasteiger partial charge in [-0.25, -0.2) is 9.18 Å². The van der Waals surface area contributed by atoms with Crippen molar-refractivity contribution in [1.82, 2.24) is 4.57 Å². The molecule has 1 N–H and O–H groups in total. The van der Waals surface area contributed by atoms with Crippen molar-refractivity contribution in [3.63, 3.8) is 0 Å². The molecule has 0 saturated carbocycles. The number of carboxylic acids is 1. The summed E-state index contributed by atoms with van der Waals surface area (Å²) in [5.74, 6) is -1.73. The van der Waals surface area contributed by atoms with Crippen LogP contribution in [0.15, 0.2) is 22.0 Å². The van der Waals surface area contributed by atoms with Gasteiger partial charge in [0.1, 0.15) is 11.4 Å². The summed E-state index contributed by atoms with van der Waals surface area (Å²) in [7, 11) is 0. The van der Waals surface area contributed by atoms with Crippen LogP contribution in [0.25, 0.3) is 10.9 Å². The quantitative estimate of drug-likeness (QED) is 0.840. The van der Waals surface area contributed by atoms with Crippen molar-refractivity contribution in [2.75, 3.05) is 31.2 Å². The van der Waals surface area contributed by atoms with Crippen molar-refractivity contribution in [1.29, 1.82) is 0 Å². The molecule has 1 aromatic heterocycles. The third kappa shape index (κ3) is 2.49. The fraction of sp³-hybridized carbons (Fsp3) is 0.444. The lowest BCUT2D eigenvalue weighted by Gasteiger charge is -2.39. The van der Waals surface area contributed by atoms with E-state index in [2.05, 4.69) is 0 Å². The Morgan fingerprint density at radius 3 is 2.52 bits per heavy atom. The van der Waals surface area contributed by atoms with Crippen LogP contribution in [0.3, 0.4) is 0 Å². The summed E-state index contributed by atoms with van der Waals surface area (Å²) in [6.45, 7) is 2.22. The monoisotopic (exact) mass is 392 g/mol. The zero-order valence-electron chi connectivity index (χ0n) is 14.4. The van der Waals surface area contributed by atoms with E-state index in [-0.39, 0.29) is 10.9 Å². The number of hydrogen-bond acceptors (Lipinski definition) is 6. The number of aromatic carboxylic acids is 1. The Bertz CT molecular complexity index is 1020. The molecule has 0 unspecified atom stereocenters. The molecule has 0 bridgehead atoms. The van der Waals surface area contributed by atoms with Gasteiger partial charge in [0, 0.05) is 37.4 Å². The van der Waals surface area contributed by atoms with Gasteiger partial charge in [-0.05, 0) is 6.07 Å². The number of halogens is 1. The Morgan fingerprint density at radius 2 is 1.93 bits per heavy atom. The first-order valence-electron chi connectivity index (χ1n) is 8.78. The number of thioether (sulfide) groups is 1.